The van der Waals surface area contributed by atoms with Crippen molar-refractivity contribution in [2.45, 2.75) is 46.2 Å². The number of nitrogens with one attached hydrogen (secondary N) is 1. The highest BCUT2D eigenvalue weighted by Crippen LogP contribution is 2.29. The Morgan fingerprint density at radius 1 is 1.00 bits per heavy atom. The molecule has 3 heteroatoms. The zero-order valence-electron chi connectivity index (χ0n) is 15.9. The molecular weight excluding hydrogens is 310 g/mol. The van der Waals surface area contributed by atoms with E-state index in [9.17, 15) is 0 Å². The summed E-state index contributed by atoms with van der Waals surface area (Å²) in [5.74, 6) is 2.26. The van der Waals surface area contributed by atoms with Gasteiger partial charge in [0, 0.05) is 12.6 Å². The molecule has 25 heavy (non-hydrogen) atoms. The van der Waals surface area contributed by atoms with Crippen LogP contribution >= 0.6 is 0 Å². The Morgan fingerprint density at radius 3 is 2.40 bits per heavy atom. The Labute approximate surface area is 152 Å². The molecule has 0 aromatic heterocycles. The maximum Gasteiger partial charge on any atom is 0.161 e. The minimum Gasteiger partial charge on any atom is -0.493 e. The van der Waals surface area contributed by atoms with Crippen molar-refractivity contribution in [1.82, 2.24) is 5.32 Å². The van der Waals surface area contributed by atoms with Crippen LogP contribution in [0.2, 0.25) is 0 Å². The van der Waals surface area contributed by atoms with Crippen molar-refractivity contribution in [2.75, 3.05) is 13.7 Å². The number of hydrogen-bond donors (Lipinski definition) is 1. The highest BCUT2D eigenvalue weighted by molar-refractivity contribution is 5.43. The predicted molar refractivity (Wildman–Crippen MR) is 104 cm³/mol. The van der Waals surface area contributed by atoms with Crippen LogP contribution in [0.5, 0.6) is 11.5 Å². The number of benzene rings is 2. The molecule has 136 valence electrons. The van der Waals surface area contributed by atoms with Crippen LogP contribution in [0.25, 0.3) is 0 Å². The third-order valence-corrected chi connectivity index (χ3v) is 4.34. The van der Waals surface area contributed by atoms with Gasteiger partial charge < -0.3 is 14.8 Å². The van der Waals surface area contributed by atoms with Crippen LogP contribution in [0.1, 0.15) is 50.8 Å². The molecule has 1 atom stereocenters. The van der Waals surface area contributed by atoms with Crippen molar-refractivity contribution < 1.29 is 9.47 Å². The summed E-state index contributed by atoms with van der Waals surface area (Å²) >= 11 is 0. The summed E-state index contributed by atoms with van der Waals surface area (Å²) in [6.07, 6.45) is 2.10. The number of hydrogen-bond acceptors (Lipinski definition) is 3. The van der Waals surface area contributed by atoms with Gasteiger partial charge in [0.25, 0.3) is 0 Å². The first-order valence-corrected chi connectivity index (χ1v) is 9.22. The van der Waals surface area contributed by atoms with Gasteiger partial charge in [-0.15, -0.1) is 0 Å². The number of ether oxygens (including phenoxy) is 2. The second-order valence-electron chi connectivity index (χ2n) is 6.77. The predicted octanol–water partition coefficient (Wildman–Crippen LogP) is 5.36. The Kier molecular flexibility index (Phi) is 7.80. The van der Waals surface area contributed by atoms with E-state index < -0.39 is 0 Å². The number of methoxy groups -OCH3 is 1. The van der Waals surface area contributed by atoms with E-state index in [0.717, 1.165) is 37.5 Å². The summed E-state index contributed by atoms with van der Waals surface area (Å²) in [7, 11) is 1.70. The zero-order valence-corrected chi connectivity index (χ0v) is 15.9. The highest BCUT2D eigenvalue weighted by atomic mass is 16.5. The molecule has 3 nitrogen and oxygen atoms in total. The average molecular weight is 341 g/mol. The lowest BCUT2D eigenvalue weighted by molar-refractivity contribution is 0.273. The SMILES string of the molecule is CCC(NCc1ccc(OCCC(C)C)c(OC)c1)c1ccccc1. The van der Waals surface area contributed by atoms with Gasteiger partial charge in [-0.1, -0.05) is 57.2 Å². The summed E-state index contributed by atoms with van der Waals surface area (Å²) in [6.45, 7) is 8.13. The normalized spacial score (nSPS) is 12.2. The fourth-order valence-corrected chi connectivity index (χ4v) is 2.77. The molecule has 0 spiro atoms. The molecule has 1 unspecified atom stereocenters. The number of rotatable bonds is 10. The third-order valence-electron chi connectivity index (χ3n) is 4.34. The molecule has 2 aromatic rings. The Morgan fingerprint density at radius 2 is 1.76 bits per heavy atom. The van der Waals surface area contributed by atoms with Gasteiger partial charge >= 0.3 is 0 Å². The van der Waals surface area contributed by atoms with Crippen molar-refractivity contribution in [3.63, 3.8) is 0 Å². The molecule has 2 rings (SSSR count). The standard InChI is InChI=1S/C22H31NO2/c1-5-20(19-9-7-6-8-10-19)23-16-18-11-12-21(22(15-18)24-4)25-14-13-17(2)3/h6-12,15,17,20,23H,5,13-14,16H2,1-4H3. The molecule has 0 aliphatic heterocycles. The van der Waals surface area contributed by atoms with Gasteiger partial charge in [0.15, 0.2) is 11.5 Å². The van der Waals surface area contributed by atoms with Gasteiger partial charge in [0.05, 0.1) is 13.7 Å². The van der Waals surface area contributed by atoms with Gasteiger partial charge in [-0.25, -0.2) is 0 Å². The van der Waals surface area contributed by atoms with Gasteiger partial charge in [-0.2, -0.15) is 0 Å². The maximum absolute atomic E-state index is 5.86. The van der Waals surface area contributed by atoms with Gasteiger partial charge in [0.2, 0.25) is 0 Å². The summed E-state index contributed by atoms with van der Waals surface area (Å²) in [5, 5.41) is 3.63. The lowest BCUT2D eigenvalue weighted by atomic mass is 10.0. The topological polar surface area (TPSA) is 30.5 Å². The lowest BCUT2D eigenvalue weighted by Gasteiger charge is -2.18. The van der Waals surface area contributed by atoms with E-state index in [2.05, 4.69) is 68.6 Å². The maximum atomic E-state index is 5.86. The van der Waals surface area contributed by atoms with Crippen molar-refractivity contribution in [3.8, 4) is 11.5 Å². The van der Waals surface area contributed by atoms with E-state index in [1.165, 1.54) is 11.1 Å². The molecular formula is C22H31NO2. The molecule has 0 fully saturated rings. The largest absolute Gasteiger partial charge is 0.493 e. The van der Waals surface area contributed by atoms with E-state index in [1.54, 1.807) is 7.11 Å². The van der Waals surface area contributed by atoms with Gasteiger partial charge in [-0.05, 0) is 42.0 Å². The van der Waals surface area contributed by atoms with Gasteiger partial charge in [0.1, 0.15) is 0 Å². The van der Waals surface area contributed by atoms with Crippen molar-refractivity contribution in [2.24, 2.45) is 5.92 Å². The molecule has 0 heterocycles. The quantitative estimate of drug-likeness (QED) is 0.631. The molecule has 0 aliphatic carbocycles. The molecule has 1 N–H and O–H groups in total. The Bertz CT molecular complexity index is 625. The summed E-state index contributed by atoms with van der Waals surface area (Å²) < 4.78 is 11.4. The second kappa shape index (κ2) is 10.1. The van der Waals surface area contributed by atoms with Crippen LogP contribution in [0.4, 0.5) is 0 Å². The average Bonchev–Trinajstić information content (AvgIpc) is 2.63. The van der Waals surface area contributed by atoms with Crippen LogP contribution in [0, 0.1) is 5.92 Å². The third kappa shape index (κ3) is 6.09. The van der Waals surface area contributed by atoms with Crippen molar-refractivity contribution in [1.29, 1.82) is 0 Å². The monoisotopic (exact) mass is 341 g/mol. The molecule has 0 saturated heterocycles. The first-order chi connectivity index (χ1) is 12.1. The molecule has 0 radical (unpaired) electrons. The Hall–Kier alpha value is -2.00. The molecule has 0 saturated carbocycles. The zero-order chi connectivity index (χ0) is 18.1. The summed E-state index contributed by atoms with van der Waals surface area (Å²) in [6, 6.07) is 17.1. The second-order valence-corrected chi connectivity index (χ2v) is 6.77. The van der Waals surface area contributed by atoms with Crippen LogP contribution in [0.3, 0.4) is 0 Å². The van der Waals surface area contributed by atoms with E-state index >= 15 is 0 Å². The molecule has 0 aliphatic rings. The van der Waals surface area contributed by atoms with Crippen LogP contribution in [-0.4, -0.2) is 13.7 Å². The van der Waals surface area contributed by atoms with E-state index in [-0.39, 0.29) is 0 Å². The van der Waals surface area contributed by atoms with Gasteiger partial charge in [-0.3, -0.25) is 0 Å². The van der Waals surface area contributed by atoms with E-state index in [4.69, 9.17) is 9.47 Å². The first-order valence-electron chi connectivity index (χ1n) is 9.22. The smallest absolute Gasteiger partial charge is 0.161 e. The fourth-order valence-electron chi connectivity index (χ4n) is 2.77. The lowest BCUT2D eigenvalue weighted by Crippen LogP contribution is -2.20. The minimum absolute atomic E-state index is 0.356. The molecule has 0 amide bonds. The molecule has 2 aromatic carbocycles. The van der Waals surface area contributed by atoms with E-state index in [1.807, 2.05) is 6.07 Å². The van der Waals surface area contributed by atoms with E-state index in [0.29, 0.717) is 12.0 Å². The highest BCUT2D eigenvalue weighted by Gasteiger charge is 2.10. The first kappa shape index (κ1) is 19.3. The molecule has 0 bridgehead atoms. The fraction of sp³-hybridized carbons (Fsp3) is 0.455. The van der Waals surface area contributed by atoms with Crippen molar-refractivity contribution in [3.05, 3.63) is 59.7 Å². The summed E-state index contributed by atoms with van der Waals surface area (Å²) in [4.78, 5) is 0. The Balaban J connectivity index is 1.97. The minimum atomic E-state index is 0.356. The van der Waals surface area contributed by atoms with Crippen LogP contribution < -0.4 is 14.8 Å². The van der Waals surface area contributed by atoms with Crippen LogP contribution in [0.15, 0.2) is 48.5 Å². The summed E-state index contributed by atoms with van der Waals surface area (Å²) in [5.41, 5.74) is 2.52. The van der Waals surface area contributed by atoms with Crippen LogP contribution in [-0.2, 0) is 6.54 Å². The van der Waals surface area contributed by atoms with Crippen molar-refractivity contribution >= 4 is 0 Å².